The summed E-state index contributed by atoms with van der Waals surface area (Å²) in [5.41, 5.74) is 3.53. The number of nitrogens with zero attached hydrogens (tertiary/aromatic N) is 6. The Hall–Kier alpha value is -5.52. The van der Waals surface area contributed by atoms with Gasteiger partial charge in [0.05, 0.1) is 24.3 Å². The number of carbonyl (C=O) groups excluding carboxylic acids is 1. The monoisotopic (exact) mass is 769 g/mol. The lowest BCUT2D eigenvalue weighted by Gasteiger charge is -2.47. The van der Waals surface area contributed by atoms with Crippen LogP contribution in [0.4, 0.5) is 10.2 Å². The highest BCUT2D eigenvalue weighted by atomic mass is 35.5. The Morgan fingerprint density at radius 3 is 2.09 bits per heavy atom. The number of ether oxygens (including phenoxy) is 1. The van der Waals surface area contributed by atoms with E-state index in [-0.39, 0.29) is 52.9 Å². The average molecular weight is 770 g/mol. The van der Waals surface area contributed by atoms with E-state index in [0.29, 0.717) is 21.7 Å². The van der Waals surface area contributed by atoms with Crippen LogP contribution in [0.15, 0.2) is 115 Å². The van der Waals surface area contributed by atoms with Crippen molar-refractivity contribution in [3.05, 3.63) is 143 Å². The topological polar surface area (TPSA) is 108 Å². The molecule has 2 atom stereocenters. The number of halogens is 2. The van der Waals surface area contributed by atoms with Crippen molar-refractivity contribution < 1.29 is 13.9 Å². The minimum Gasteiger partial charge on any atom is -0.466 e. The minimum atomic E-state index is -0.948. The Morgan fingerprint density at radius 2 is 1.51 bits per heavy atom. The molecule has 0 amide bonds. The predicted molar refractivity (Wildman–Crippen MR) is 212 cm³/mol. The molecule has 0 unspecified atom stereocenters. The molecule has 3 fully saturated rings. The fourth-order valence-electron chi connectivity index (χ4n) is 8.88. The first-order valence-electron chi connectivity index (χ1n) is 18.6. The van der Waals surface area contributed by atoms with Gasteiger partial charge in [0.15, 0.2) is 23.1 Å². The molecule has 4 aromatic heterocycles. The van der Waals surface area contributed by atoms with Crippen LogP contribution in [0.3, 0.4) is 0 Å². The van der Waals surface area contributed by atoms with E-state index in [0.717, 1.165) is 42.4 Å². The third kappa shape index (κ3) is 6.06. The van der Waals surface area contributed by atoms with Crippen LogP contribution in [0.2, 0.25) is 5.15 Å². The second-order valence-electron chi connectivity index (χ2n) is 14.1. The fraction of sp³-hybridized carbons (Fsp3) is 0.256. The average Bonchev–Trinajstić information content (AvgIpc) is 3.90. The molecule has 276 valence electrons. The highest BCUT2D eigenvalue weighted by molar-refractivity contribution is 7.13. The van der Waals surface area contributed by atoms with Crippen LogP contribution in [0.5, 0.6) is 0 Å². The lowest BCUT2D eigenvalue weighted by molar-refractivity contribution is -0.154. The van der Waals surface area contributed by atoms with Gasteiger partial charge in [-0.05, 0) is 61.1 Å². The van der Waals surface area contributed by atoms with Crippen molar-refractivity contribution in [2.75, 3.05) is 11.9 Å². The van der Waals surface area contributed by atoms with Crippen LogP contribution in [0.1, 0.15) is 49.3 Å². The number of rotatable bonds is 10. The summed E-state index contributed by atoms with van der Waals surface area (Å²) >= 11 is 7.89. The molecule has 3 aliphatic carbocycles. The molecule has 0 aliphatic heterocycles. The summed E-state index contributed by atoms with van der Waals surface area (Å²) in [6.07, 6.45) is 8.87. The fourth-order valence-corrected chi connectivity index (χ4v) is 9.63. The zero-order valence-corrected chi connectivity index (χ0v) is 31.6. The van der Waals surface area contributed by atoms with Gasteiger partial charge < -0.3 is 14.6 Å². The number of fused-ring (bicyclic) bond motifs is 4. The van der Waals surface area contributed by atoms with Gasteiger partial charge in [0.1, 0.15) is 26.9 Å². The molecule has 3 aromatic carbocycles. The normalized spacial score (nSPS) is 19.4. The summed E-state index contributed by atoms with van der Waals surface area (Å²) < 4.78 is 24.5. The van der Waals surface area contributed by atoms with Gasteiger partial charge in [0.2, 0.25) is 0 Å². The first-order chi connectivity index (χ1) is 27.0. The Morgan fingerprint density at radius 1 is 0.891 bits per heavy atom. The number of thiazole rings is 1. The van der Waals surface area contributed by atoms with Crippen molar-refractivity contribution in [2.24, 2.45) is 17.8 Å². The molecule has 7 aromatic rings. The van der Waals surface area contributed by atoms with E-state index in [9.17, 15) is 4.79 Å². The minimum absolute atomic E-state index is 0.00150. The first-order valence-corrected chi connectivity index (χ1v) is 19.8. The molecule has 4 heterocycles. The van der Waals surface area contributed by atoms with E-state index in [1.807, 2.05) is 67.7 Å². The van der Waals surface area contributed by atoms with Crippen molar-refractivity contribution in [1.29, 1.82) is 0 Å². The molecule has 0 spiro atoms. The largest absolute Gasteiger partial charge is 0.466 e. The highest BCUT2D eigenvalue weighted by Crippen LogP contribution is 2.48. The van der Waals surface area contributed by atoms with E-state index in [4.69, 9.17) is 36.3 Å². The van der Waals surface area contributed by atoms with Crippen molar-refractivity contribution in [1.82, 2.24) is 29.5 Å². The Labute approximate surface area is 326 Å². The number of carbonyl (C=O) groups is 1. The van der Waals surface area contributed by atoms with Gasteiger partial charge in [-0.1, -0.05) is 103 Å². The Bertz CT molecular complexity index is 2360. The number of hydrogen-bond acceptors (Lipinski definition) is 9. The summed E-state index contributed by atoms with van der Waals surface area (Å²) in [5.74, 6) is -0.774. The van der Waals surface area contributed by atoms with E-state index in [2.05, 4.69) is 51.3 Å². The van der Waals surface area contributed by atoms with Crippen LogP contribution >= 0.6 is 22.9 Å². The molecule has 2 bridgehead atoms. The van der Waals surface area contributed by atoms with E-state index in [1.54, 1.807) is 11.6 Å². The summed E-state index contributed by atoms with van der Waals surface area (Å²) in [5, 5.41) is 5.81. The summed E-state index contributed by atoms with van der Waals surface area (Å²) in [6, 6.07) is 30.4. The van der Waals surface area contributed by atoms with Crippen molar-refractivity contribution in [3.63, 3.8) is 0 Å². The number of hydrogen-bond donors (Lipinski definition) is 1. The third-order valence-electron chi connectivity index (χ3n) is 11.2. The lowest BCUT2D eigenvalue weighted by Crippen LogP contribution is -2.52. The van der Waals surface area contributed by atoms with E-state index >= 15 is 4.39 Å². The summed E-state index contributed by atoms with van der Waals surface area (Å²) in [4.78, 5) is 37.4. The molecule has 0 radical (unpaired) electrons. The van der Waals surface area contributed by atoms with Gasteiger partial charge in [-0.2, -0.15) is 0 Å². The molecule has 3 saturated carbocycles. The molecule has 1 N–H and O–H groups in total. The van der Waals surface area contributed by atoms with Gasteiger partial charge in [-0.25, -0.2) is 29.3 Å². The molecule has 55 heavy (non-hydrogen) atoms. The standard InChI is InChI=1S/C43H37ClFN7O2S/c1-2-54-42(53)33-26-18-20-27(21-19-26)35(33)49-39-34(45)37(41-46-22-23-55-41)50-38(51-39)31-25-52(40-36(31)48-32(44)24-47-40)43(28-12-6-3-7-13-28,29-14-8-4-9-15-29)30-16-10-5-11-17-30/h3-17,22-27,33,35H,2,18-21H2,1H3,(H,49,50,51)/t26?,27?,33-,35-/m0/s1. The van der Waals surface area contributed by atoms with Crippen LogP contribution in [0, 0.1) is 23.6 Å². The van der Waals surface area contributed by atoms with Crippen molar-refractivity contribution in [3.8, 4) is 22.1 Å². The number of anilines is 1. The second kappa shape index (κ2) is 14.6. The molecule has 12 heteroatoms. The van der Waals surface area contributed by atoms with Gasteiger partial charge >= 0.3 is 5.97 Å². The van der Waals surface area contributed by atoms with Gasteiger partial charge in [-0.15, -0.1) is 11.3 Å². The summed E-state index contributed by atoms with van der Waals surface area (Å²) in [6.45, 7) is 2.09. The molecular weight excluding hydrogens is 733 g/mol. The number of benzene rings is 3. The van der Waals surface area contributed by atoms with E-state index in [1.165, 1.54) is 17.5 Å². The van der Waals surface area contributed by atoms with Gasteiger partial charge in [0.25, 0.3) is 0 Å². The zero-order chi connectivity index (χ0) is 37.5. The van der Waals surface area contributed by atoms with Crippen molar-refractivity contribution in [2.45, 2.75) is 44.2 Å². The smallest absolute Gasteiger partial charge is 0.311 e. The molecule has 0 saturated heterocycles. The maximum atomic E-state index is 16.9. The van der Waals surface area contributed by atoms with Crippen LogP contribution in [-0.4, -0.2) is 48.1 Å². The lowest BCUT2D eigenvalue weighted by atomic mass is 9.61. The first kappa shape index (κ1) is 35.2. The quantitative estimate of drug-likeness (QED) is 0.108. The van der Waals surface area contributed by atoms with Crippen LogP contribution in [0.25, 0.3) is 33.3 Å². The third-order valence-corrected chi connectivity index (χ3v) is 12.2. The maximum Gasteiger partial charge on any atom is 0.311 e. The molecule has 3 aliphatic rings. The maximum absolute atomic E-state index is 16.9. The van der Waals surface area contributed by atoms with Crippen LogP contribution < -0.4 is 5.32 Å². The number of nitrogens with one attached hydrogen (secondary N) is 1. The second-order valence-corrected chi connectivity index (χ2v) is 15.4. The van der Waals surface area contributed by atoms with Crippen molar-refractivity contribution >= 4 is 45.9 Å². The number of aromatic nitrogens is 6. The van der Waals surface area contributed by atoms with E-state index < -0.39 is 17.3 Å². The molecule has 9 nitrogen and oxygen atoms in total. The highest BCUT2D eigenvalue weighted by Gasteiger charge is 2.48. The van der Waals surface area contributed by atoms with Gasteiger partial charge in [-0.3, -0.25) is 4.79 Å². The predicted octanol–water partition coefficient (Wildman–Crippen LogP) is 9.42. The summed E-state index contributed by atoms with van der Waals surface area (Å²) in [7, 11) is 0. The SMILES string of the molecule is CCOC(=O)[C@H]1C2CCC(CC2)[C@@H]1Nc1nc(-c2cn(C(c3ccccc3)(c3ccccc3)c3ccccc3)c3ncc(Cl)nc23)nc(-c2nccs2)c1F. The molecule has 10 rings (SSSR count). The Kier molecular flexibility index (Phi) is 9.35. The molecular formula is C43H37ClFN7O2S. The van der Waals surface area contributed by atoms with Gasteiger partial charge in [0, 0.05) is 23.8 Å². The Balaban J connectivity index is 1.29. The van der Waals surface area contributed by atoms with Crippen LogP contribution in [-0.2, 0) is 15.1 Å². The number of esters is 1. The zero-order valence-electron chi connectivity index (χ0n) is 30.0.